The Kier molecular flexibility index (Phi) is 4.40. The molecule has 0 heterocycles. The quantitative estimate of drug-likeness (QED) is 0.571. The van der Waals surface area contributed by atoms with E-state index in [9.17, 15) is 0 Å². The Hall–Kier alpha value is -0.530. The maximum atomic E-state index is 8.38. The maximum Gasteiger partial charge on any atom is 0.102 e. The first-order chi connectivity index (χ1) is 7.32. The molecule has 0 aromatic heterocycles. The van der Waals surface area contributed by atoms with E-state index in [2.05, 4.69) is 39.5 Å². The smallest absolute Gasteiger partial charge is 0.102 e. The molecule has 1 aliphatic carbocycles. The van der Waals surface area contributed by atoms with Gasteiger partial charge in [-0.05, 0) is 18.8 Å². The number of amidine groups is 1. The highest BCUT2D eigenvalue weighted by Crippen LogP contribution is 2.28. The van der Waals surface area contributed by atoms with E-state index in [0.717, 1.165) is 12.4 Å². The van der Waals surface area contributed by atoms with Gasteiger partial charge in [-0.25, -0.2) is 0 Å². The van der Waals surface area contributed by atoms with E-state index in [1.54, 1.807) is 0 Å². The molecule has 2 nitrogen and oxygen atoms in total. The normalized spacial score (nSPS) is 18.1. The van der Waals surface area contributed by atoms with Crippen LogP contribution in [0.25, 0.3) is 0 Å². The molecule has 1 rings (SSSR count). The Morgan fingerprint density at radius 2 is 1.75 bits per heavy atom. The summed E-state index contributed by atoms with van der Waals surface area (Å²) < 4.78 is 0. The third-order valence-electron chi connectivity index (χ3n) is 3.32. The lowest BCUT2D eigenvalue weighted by molar-refractivity contribution is 0.257. The van der Waals surface area contributed by atoms with E-state index < -0.39 is 0 Å². The fourth-order valence-corrected chi connectivity index (χ4v) is 2.46. The molecule has 0 bridgehead atoms. The van der Waals surface area contributed by atoms with Gasteiger partial charge in [-0.2, -0.15) is 0 Å². The predicted molar refractivity (Wildman–Crippen MR) is 71.0 cm³/mol. The van der Waals surface area contributed by atoms with Crippen molar-refractivity contribution in [3.63, 3.8) is 0 Å². The van der Waals surface area contributed by atoms with Gasteiger partial charge in [0.2, 0.25) is 0 Å². The van der Waals surface area contributed by atoms with Gasteiger partial charge in [0.15, 0.2) is 0 Å². The highest BCUT2D eigenvalue weighted by molar-refractivity contribution is 5.84. The Balaban J connectivity index is 2.73. The predicted octanol–water partition coefficient (Wildman–Crippen LogP) is 3.91. The molecule has 1 aliphatic rings. The second kappa shape index (κ2) is 5.20. The fraction of sp³-hybridized carbons (Fsp3) is 0.929. The molecule has 0 amide bonds. The number of hydrogen-bond donors (Lipinski definition) is 1. The van der Waals surface area contributed by atoms with Crippen LogP contribution in [-0.4, -0.2) is 23.3 Å². The molecule has 0 spiro atoms. The van der Waals surface area contributed by atoms with Crippen molar-refractivity contribution in [1.29, 1.82) is 5.41 Å². The van der Waals surface area contributed by atoms with Gasteiger partial charge >= 0.3 is 0 Å². The van der Waals surface area contributed by atoms with Gasteiger partial charge in [0.25, 0.3) is 0 Å². The molecule has 16 heavy (non-hydrogen) atoms. The zero-order chi connectivity index (χ0) is 12.3. The van der Waals surface area contributed by atoms with Crippen LogP contribution in [0.2, 0.25) is 0 Å². The first-order valence-corrected chi connectivity index (χ1v) is 6.68. The van der Waals surface area contributed by atoms with Crippen LogP contribution in [0, 0.1) is 16.7 Å². The van der Waals surface area contributed by atoms with Gasteiger partial charge in [-0.15, -0.1) is 0 Å². The van der Waals surface area contributed by atoms with Crippen LogP contribution in [0.5, 0.6) is 0 Å². The summed E-state index contributed by atoms with van der Waals surface area (Å²) in [5.41, 5.74) is -0.0164. The lowest BCUT2D eigenvalue weighted by atomic mass is 9.92. The van der Waals surface area contributed by atoms with Crippen molar-refractivity contribution >= 4 is 5.84 Å². The topological polar surface area (TPSA) is 27.1 Å². The third-order valence-corrected chi connectivity index (χ3v) is 3.32. The van der Waals surface area contributed by atoms with Gasteiger partial charge < -0.3 is 4.90 Å². The minimum atomic E-state index is -0.0164. The summed E-state index contributed by atoms with van der Waals surface area (Å²) in [7, 11) is 0. The zero-order valence-electron chi connectivity index (χ0n) is 11.6. The molecule has 1 saturated carbocycles. The summed E-state index contributed by atoms with van der Waals surface area (Å²) >= 11 is 0. The molecular weight excluding hydrogens is 196 g/mol. The standard InChI is InChI=1S/C14H28N2/c1-11(2)10-16(12-8-6-7-9-12)13(15)14(3,4)5/h11-12,15H,6-10H2,1-5H3. The van der Waals surface area contributed by atoms with Crippen molar-refractivity contribution in [3.05, 3.63) is 0 Å². The Bertz CT molecular complexity index is 232. The van der Waals surface area contributed by atoms with E-state index in [1.807, 2.05) is 0 Å². The van der Waals surface area contributed by atoms with Crippen molar-refractivity contribution in [3.8, 4) is 0 Å². The van der Waals surface area contributed by atoms with E-state index in [0.29, 0.717) is 12.0 Å². The molecule has 0 saturated heterocycles. The zero-order valence-corrected chi connectivity index (χ0v) is 11.6. The second-order valence-corrected chi connectivity index (χ2v) is 6.58. The average molecular weight is 224 g/mol. The monoisotopic (exact) mass is 224 g/mol. The van der Waals surface area contributed by atoms with E-state index in [-0.39, 0.29) is 5.41 Å². The van der Waals surface area contributed by atoms with Crippen LogP contribution in [0.3, 0.4) is 0 Å². The summed E-state index contributed by atoms with van der Waals surface area (Å²) in [6, 6.07) is 0.633. The van der Waals surface area contributed by atoms with Gasteiger partial charge in [0, 0.05) is 18.0 Å². The van der Waals surface area contributed by atoms with Crippen LogP contribution < -0.4 is 0 Å². The molecule has 2 heteroatoms. The molecule has 1 fully saturated rings. The molecule has 0 aliphatic heterocycles. The van der Waals surface area contributed by atoms with Crippen LogP contribution in [0.1, 0.15) is 60.3 Å². The number of nitrogens with zero attached hydrogens (tertiary/aromatic N) is 1. The molecule has 1 N–H and O–H groups in total. The minimum absolute atomic E-state index is 0.0164. The van der Waals surface area contributed by atoms with E-state index in [4.69, 9.17) is 5.41 Å². The van der Waals surface area contributed by atoms with Crippen molar-refractivity contribution in [2.45, 2.75) is 66.3 Å². The molecule has 0 aromatic carbocycles. The molecular formula is C14H28N2. The number of rotatable bonds is 3. The minimum Gasteiger partial charge on any atom is -0.357 e. The molecule has 0 radical (unpaired) electrons. The first kappa shape index (κ1) is 13.5. The summed E-state index contributed by atoms with van der Waals surface area (Å²) in [5.74, 6) is 1.47. The van der Waals surface area contributed by atoms with Gasteiger partial charge in [-0.3, -0.25) is 5.41 Å². The third kappa shape index (κ3) is 3.50. The van der Waals surface area contributed by atoms with Crippen LogP contribution in [0.4, 0.5) is 0 Å². The second-order valence-electron chi connectivity index (χ2n) is 6.58. The van der Waals surface area contributed by atoms with Gasteiger partial charge in [0.05, 0.1) is 0 Å². The van der Waals surface area contributed by atoms with Gasteiger partial charge in [0.1, 0.15) is 5.84 Å². The molecule has 0 atom stereocenters. The van der Waals surface area contributed by atoms with Crippen LogP contribution >= 0.6 is 0 Å². The maximum absolute atomic E-state index is 8.38. The van der Waals surface area contributed by atoms with Crippen LogP contribution in [0.15, 0.2) is 0 Å². The van der Waals surface area contributed by atoms with Crippen molar-refractivity contribution < 1.29 is 0 Å². The van der Waals surface area contributed by atoms with Crippen molar-refractivity contribution in [2.24, 2.45) is 11.3 Å². The van der Waals surface area contributed by atoms with Crippen molar-refractivity contribution in [2.75, 3.05) is 6.54 Å². The Morgan fingerprint density at radius 1 is 1.25 bits per heavy atom. The molecule has 94 valence electrons. The summed E-state index contributed by atoms with van der Waals surface area (Å²) in [5, 5.41) is 8.38. The SMILES string of the molecule is CC(C)CN(C(=N)C(C)(C)C)C1CCCC1. The largest absolute Gasteiger partial charge is 0.357 e. The fourth-order valence-electron chi connectivity index (χ4n) is 2.46. The Labute approximate surface area is 101 Å². The lowest BCUT2D eigenvalue weighted by Gasteiger charge is -2.38. The average Bonchev–Trinajstić information content (AvgIpc) is 2.63. The summed E-state index contributed by atoms with van der Waals surface area (Å²) in [6.07, 6.45) is 5.25. The highest BCUT2D eigenvalue weighted by atomic mass is 15.2. The lowest BCUT2D eigenvalue weighted by Crippen LogP contribution is -2.46. The molecule has 0 aromatic rings. The summed E-state index contributed by atoms with van der Waals surface area (Å²) in [6.45, 7) is 12.0. The van der Waals surface area contributed by atoms with Gasteiger partial charge in [-0.1, -0.05) is 47.5 Å². The van der Waals surface area contributed by atoms with E-state index in [1.165, 1.54) is 25.7 Å². The molecule has 0 unspecified atom stereocenters. The summed E-state index contributed by atoms with van der Waals surface area (Å²) in [4.78, 5) is 2.37. The Morgan fingerprint density at radius 3 is 2.12 bits per heavy atom. The van der Waals surface area contributed by atoms with Crippen LogP contribution in [-0.2, 0) is 0 Å². The highest BCUT2D eigenvalue weighted by Gasteiger charge is 2.30. The van der Waals surface area contributed by atoms with Crippen molar-refractivity contribution in [1.82, 2.24) is 4.90 Å². The number of hydrogen-bond acceptors (Lipinski definition) is 1. The first-order valence-electron chi connectivity index (χ1n) is 6.68. The number of nitrogens with one attached hydrogen (secondary N) is 1. The van der Waals surface area contributed by atoms with E-state index >= 15 is 0 Å².